The first-order valence-electron chi connectivity index (χ1n) is 8.45. The van der Waals surface area contributed by atoms with Gasteiger partial charge in [0.2, 0.25) is 10.0 Å². The fraction of sp³-hybridized carbons (Fsp3) is 0.316. The number of carbonyl (C=O) groups excluding carboxylic acids is 1. The molecule has 0 aliphatic heterocycles. The summed E-state index contributed by atoms with van der Waals surface area (Å²) in [5, 5.41) is 2.83. The lowest BCUT2D eigenvalue weighted by Gasteiger charge is -2.27. The monoisotopic (exact) mass is 375 g/mol. The molecule has 7 heteroatoms. The third-order valence-corrected chi connectivity index (χ3v) is 4.46. The fourth-order valence-electron chi connectivity index (χ4n) is 2.72. The lowest BCUT2D eigenvalue weighted by atomic mass is 10.1. The maximum Gasteiger partial charge on any atom is 0.255 e. The van der Waals surface area contributed by atoms with E-state index in [-0.39, 0.29) is 5.91 Å². The van der Waals surface area contributed by atoms with Crippen LogP contribution in [0.3, 0.4) is 0 Å². The minimum Gasteiger partial charge on any atom is -0.369 e. The van der Waals surface area contributed by atoms with Gasteiger partial charge < -0.3 is 10.2 Å². The molecule has 2 rings (SSSR count). The Balaban J connectivity index is 2.11. The first kappa shape index (κ1) is 19.8. The molecule has 0 aromatic heterocycles. The number of benzene rings is 2. The molecule has 0 radical (unpaired) electrons. The Morgan fingerprint density at radius 1 is 1.08 bits per heavy atom. The van der Waals surface area contributed by atoms with Crippen LogP contribution < -0.4 is 14.9 Å². The highest BCUT2D eigenvalue weighted by atomic mass is 32.2. The maximum atomic E-state index is 12.4. The number of anilines is 3. The standard InChI is InChI=1S/C19H25N3O3S/c1-5-22(14(2)3)18-11-9-16(10-12-18)20-19(23)15-7-6-8-17(13-15)21-26(4,24)25/h6-14,21H,5H2,1-4H3,(H,20,23). The van der Waals surface area contributed by atoms with Crippen molar-refractivity contribution >= 4 is 33.0 Å². The van der Waals surface area contributed by atoms with Gasteiger partial charge in [-0.05, 0) is 63.2 Å². The number of hydrogen-bond donors (Lipinski definition) is 2. The van der Waals surface area contributed by atoms with Crippen molar-refractivity contribution in [3.63, 3.8) is 0 Å². The molecule has 1 amide bonds. The predicted molar refractivity (Wildman–Crippen MR) is 107 cm³/mol. The van der Waals surface area contributed by atoms with Gasteiger partial charge >= 0.3 is 0 Å². The van der Waals surface area contributed by atoms with Crippen LogP contribution in [-0.4, -0.2) is 33.2 Å². The molecular weight excluding hydrogens is 350 g/mol. The molecule has 2 aromatic carbocycles. The summed E-state index contributed by atoms with van der Waals surface area (Å²) in [6, 6.07) is 14.4. The molecule has 0 saturated heterocycles. The second-order valence-corrected chi connectivity index (χ2v) is 8.08. The highest BCUT2D eigenvalue weighted by Crippen LogP contribution is 2.21. The quantitative estimate of drug-likeness (QED) is 0.776. The van der Waals surface area contributed by atoms with Crippen LogP contribution in [0.2, 0.25) is 0 Å². The van der Waals surface area contributed by atoms with Gasteiger partial charge in [0.15, 0.2) is 0 Å². The van der Waals surface area contributed by atoms with Gasteiger partial charge in [-0.15, -0.1) is 0 Å². The van der Waals surface area contributed by atoms with Gasteiger partial charge in [-0.25, -0.2) is 8.42 Å². The zero-order valence-corrected chi connectivity index (χ0v) is 16.3. The Morgan fingerprint density at radius 2 is 1.73 bits per heavy atom. The normalized spacial score (nSPS) is 11.3. The molecule has 2 aromatic rings. The Labute approximate surface area is 155 Å². The molecule has 0 aliphatic rings. The van der Waals surface area contributed by atoms with Crippen LogP contribution in [0.25, 0.3) is 0 Å². The molecule has 0 atom stereocenters. The summed E-state index contributed by atoms with van der Waals surface area (Å²) in [4.78, 5) is 14.7. The number of nitrogens with one attached hydrogen (secondary N) is 2. The molecule has 0 unspecified atom stereocenters. The van der Waals surface area contributed by atoms with Crippen molar-refractivity contribution in [1.82, 2.24) is 0 Å². The van der Waals surface area contributed by atoms with Crippen LogP contribution in [0, 0.1) is 0 Å². The van der Waals surface area contributed by atoms with E-state index < -0.39 is 10.0 Å². The molecule has 0 heterocycles. The summed E-state index contributed by atoms with van der Waals surface area (Å²) in [6.45, 7) is 7.28. The molecule has 26 heavy (non-hydrogen) atoms. The van der Waals surface area contributed by atoms with E-state index >= 15 is 0 Å². The van der Waals surface area contributed by atoms with Crippen LogP contribution in [0.4, 0.5) is 17.1 Å². The summed E-state index contributed by atoms with van der Waals surface area (Å²) in [6.07, 6.45) is 1.07. The summed E-state index contributed by atoms with van der Waals surface area (Å²) >= 11 is 0. The van der Waals surface area contributed by atoms with Gasteiger partial charge in [-0.2, -0.15) is 0 Å². The molecule has 0 spiro atoms. The van der Waals surface area contributed by atoms with Crippen molar-refractivity contribution in [1.29, 1.82) is 0 Å². The average Bonchev–Trinajstić information content (AvgIpc) is 2.55. The third kappa shape index (κ3) is 5.49. The summed E-state index contributed by atoms with van der Waals surface area (Å²) in [5.41, 5.74) is 2.51. The highest BCUT2D eigenvalue weighted by Gasteiger charge is 2.11. The minimum absolute atomic E-state index is 0.300. The first-order chi connectivity index (χ1) is 12.2. The van der Waals surface area contributed by atoms with Gasteiger partial charge in [-0.3, -0.25) is 9.52 Å². The topological polar surface area (TPSA) is 78.5 Å². The van der Waals surface area contributed by atoms with Gasteiger partial charge in [-0.1, -0.05) is 6.07 Å². The third-order valence-electron chi connectivity index (χ3n) is 3.85. The molecule has 0 bridgehead atoms. The molecular formula is C19H25N3O3S. The van der Waals surface area contributed by atoms with Crippen LogP contribution in [-0.2, 0) is 10.0 Å². The Bertz CT molecular complexity index is 862. The minimum atomic E-state index is -3.39. The van der Waals surface area contributed by atoms with E-state index in [4.69, 9.17) is 0 Å². The molecule has 0 fully saturated rings. The molecule has 0 saturated carbocycles. The van der Waals surface area contributed by atoms with E-state index in [0.29, 0.717) is 23.0 Å². The molecule has 0 aliphatic carbocycles. The van der Waals surface area contributed by atoms with E-state index in [1.54, 1.807) is 18.2 Å². The number of hydrogen-bond acceptors (Lipinski definition) is 4. The number of amides is 1. The van der Waals surface area contributed by atoms with Crippen molar-refractivity contribution < 1.29 is 13.2 Å². The number of carbonyl (C=O) groups is 1. The van der Waals surface area contributed by atoms with Gasteiger partial charge in [0, 0.05) is 35.2 Å². The Morgan fingerprint density at radius 3 is 2.27 bits per heavy atom. The molecule has 140 valence electrons. The van der Waals surface area contributed by atoms with Crippen LogP contribution >= 0.6 is 0 Å². The smallest absolute Gasteiger partial charge is 0.255 e. The summed E-state index contributed by atoms with van der Waals surface area (Å²) in [5.74, 6) is -0.300. The van der Waals surface area contributed by atoms with E-state index in [1.165, 1.54) is 6.07 Å². The van der Waals surface area contributed by atoms with Crippen molar-refractivity contribution in [3.8, 4) is 0 Å². The largest absolute Gasteiger partial charge is 0.369 e. The zero-order chi connectivity index (χ0) is 19.3. The zero-order valence-electron chi connectivity index (χ0n) is 15.5. The average molecular weight is 375 g/mol. The lowest BCUT2D eigenvalue weighted by molar-refractivity contribution is 0.102. The number of nitrogens with zero attached hydrogens (tertiary/aromatic N) is 1. The fourth-order valence-corrected chi connectivity index (χ4v) is 3.28. The maximum absolute atomic E-state index is 12.4. The predicted octanol–water partition coefficient (Wildman–Crippen LogP) is 3.55. The van der Waals surface area contributed by atoms with Crippen LogP contribution in [0.5, 0.6) is 0 Å². The van der Waals surface area contributed by atoms with E-state index in [2.05, 4.69) is 35.7 Å². The van der Waals surface area contributed by atoms with Crippen molar-refractivity contribution in [2.75, 3.05) is 27.7 Å². The van der Waals surface area contributed by atoms with E-state index in [0.717, 1.165) is 18.5 Å². The second-order valence-electron chi connectivity index (χ2n) is 6.34. The first-order valence-corrected chi connectivity index (χ1v) is 10.3. The van der Waals surface area contributed by atoms with Gasteiger partial charge in [0.05, 0.1) is 6.26 Å². The Kier molecular flexibility index (Phi) is 6.26. The molecule has 2 N–H and O–H groups in total. The van der Waals surface area contributed by atoms with Crippen molar-refractivity contribution in [2.45, 2.75) is 26.8 Å². The van der Waals surface area contributed by atoms with Crippen LogP contribution in [0.15, 0.2) is 48.5 Å². The lowest BCUT2D eigenvalue weighted by Crippen LogP contribution is -2.30. The summed E-state index contributed by atoms with van der Waals surface area (Å²) in [7, 11) is -3.39. The highest BCUT2D eigenvalue weighted by molar-refractivity contribution is 7.92. The van der Waals surface area contributed by atoms with E-state index in [9.17, 15) is 13.2 Å². The van der Waals surface area contributed by atoms with Crippen LogP contribution in [0.1, 0.15) is 31.1 Å². The number of sulfonamides is 1. The number of rotatable bonds is 7. The second kappa shape index (κ2) is 8.23. The van der Waals surface area contributed by atoms with E-state index in [1.807, 2.05) is 24.3 Å². The summed E-state index contributed by atoms with van der Waals surface area (Å²) < 4.78 is 25.0. The molecule has 6 nitrogen and oxygen atoms in total. The van der Waals surface area contributed by atoms with Crippen molar-refractivity contribution in [3.05, 3.63) is 54.1 Å². The van der Waals surface area contributed by atoms with Gasteiger partial charge in [0.25, 0.3) is 5.91 Å². The van der Waals surface area contributed by atoms with Gasteiger partial charge in [0.1, 0.15) is 0 Å². The van der Waals surface area contributed by atoms with Crippen molar-refractivity contribution in [2.24, 2.45) is 0 Å². The SMILES string of the molecule is CCN(c1ccc(NC(=O)c2cccc(NS(C)(=O)=O)c2)cc1)C(C)C. The Hall–Kier alpha value is -2.54.